The van der Waals surface area contributed by atoms with Gasteiger partial charge in [-0.3, -0.25) is 19.7 Å². The zero-order valence-electron chi connectivity index (χ0n) is 19.5. The highest BCUT2D eigenvalue weighted by Crippen LogP contribution is 2.13. The molecule has 33 heavy (non-hydrogen) atoms. The minimum absolute atomic E-state index is 0.0174. The molecule has 9 heteroatoms. The Balaban J connectivity index is 2.10. The third-order valence-corrected chi connectivity index (χ3v) is 5.26. The van der Waals surface area contributed by atoms with Crippen LogP contribution in [0.15, 0.2) is 48.7 Å². The van der Waals surface area contributed by atoms with Gasteiger partial charge >= 0.3 is 0 Å². The van der Waals surface area contributed by atoms with Gasteiger partial charge in [-0.05, 0) is 42.3 Å². The molecule has 0 saturated carbocycles. The van der Waals surface area contributed by atoms with Crippen LogP contribution in [-0.4, -0.2) is 64.5 Å². The highest BCUT2D eigenvalue weighted by Gasteiger charge is 2.20. The summed E-state index contributed by atoms with van der Waals surface area (Å²) < 4.78 is 7.10. The average Bonchev–Trinajstić information content (AvgIpc) is 3.21. The monoisotopic (exact) mass is 456 g/mol. The van der Waals surface area contributed by atoms with Gasteiger partial charge in [0.2, 0.25) is 11.8 Å². The van der Waals surface area contributed by atoms with Gasteiger partial charge in [-0.15, -0.1) is 0 Å². The van der Waals surface area contributed by atoms with E-state index in [1.807, 2.05) is 29.9 Å². The third-order valence-electron chi connectivity index (χ3n) is 5.26. The molecule has 1 heterocycles. The van der Waals surface area contributed by atoms with Crippen LogP contribution in [0.1, 0.15) is 31.0 Å². The number of nitro benzene ring substituents is 1. The average molecular weight is 457 g/mol. The number of nitro groups is 1. The number of nitrogens with zero attached hydrogens (tertiary/aromatic N) is 4. The van der Waals surface area contributed by atoms with E-state index in [0.29, 0.717) is 25.3 Å². The van der Waals surface area contributed by atoms with E-state index in [4.69, 9.17) is 4.74 Å². The summed E-state index contributed by atoms with van der Waals surface area (Å²) in [5.74, 6) is -0.453. The Morgan fingerprint density at radius 2 is 1.88 bits per heavy atom. The summed E-state index contributed by atoms with van der Waals surface area (Å²) in [4.78, 5) is 39.5. The molecule has 2 aromatic rings. The van der Waals surface area contributed by atoms with Crippen LogP contribution in [0.25, 0.3) is 6.08 Å². The van der Waals surface area contributed by atoms with Crippen molar-refractivity contribution in [3.8, 4) is 0 Å². The van der Waals surface area contributed by atoms with Gasteiger partial charge in [0, 0.05) is 57.3 Å². The first kappa shape index (κ1) is 25.8. The van der Waals surface area contributed by atoms with Crippen LogP contribution in [0.4, 0.5) is 5.69 Å². The van der Waals surface area contributed by atoms with E-state index in [1.54, 1.807) is 30.2 Å². The molecule has 0 aliphatic carbocycles. The Kier molecular flexibility index (Phi) is 10.3. The zero-order valence-corrected chi connectivity index (χ0v) is 19.5. The number of carbonyl (C=O) groups excluding carboxylic acids is 2. The SMILES string of the molecule is CCCCN(Cc1cccn1C)C(=O)CN(CCOC)C(=O)C=Cc1ccc([N+](=O)[O-])cc1. The molecule has 1 aromatic heterocycles. The predicted molar refractivity (Wildman–Crippen MR) is 126 cm³/mol. The predicted octanol–water partition coefficient (Wildman–Crippen LogP) is 3.25. The molecule has 0 atom stereocenters. The molecule has 1 aromatic carbocycles. The van der Waals surface area contributed by atoms with Crippen LogP contribution < -0.4 is 0 Å². The van der Waals surface area contributed by atoms with Crippen molar-refractivity contribution in [2.45, 2.75) is 26.3 Å². The molecule has 9 nitrogen and oxygen atoms in total. The molecule has 0 bridgehead atoms. The van der Waals surface area contributed by atoms with Gasteiger partial charge in [-0.2, -0.15) is 0 Å². The van der Waals surface area contributed by atoms with Crippen LogP contribution in [0.3, 0.4) is 0 Å². The lowest BCUT2D eigenvalue weighted by atomic mass is 10.2. The van der Waals surface area contributed by atoms with Crippen LogP contribution in [0.5, 0.6) is 0 Å². The minimum atomic E-state index is -0.476. The second kappa shape index (κ2) is 13.2. The number of benzene rings is 1. The van der Waals surface area contributed by atoms with Gasteiger partial charge in [0.15, 0.2) is 0 Å². The van der Waals surface area contributed by atoms with Crippen molar-refractivity contribution < 1.29 is 19.2 Å². The summed E-state index contributed by atoms with van der Waals surface area (Å²) in [5.41, 5.74) is 1.66. The standard InChI is InChI=1S/C24H32N4O5/c1-4-5-15-26(18-22-7-6-14-25(22)2)24(30)19-27(16-17-33-3)23(29)13-10-20-8-11-21(12-9-20)28(31)32/h6-14H,4-5,15-19H2,1-3H3. The Bertz CT molecular complexity index is 952. The molecule has 2 rings (SSSR count). The van der Waals surface area contributed by atoms with E-state index in [2.05, 4.69) is 6.92 Å². The molecular formula is C24H32N4O5. The lowest BCUT2D eigenvalue weighted by molar-refractivity contribution is -0.384. The van der Waals surface area contributed by atoms with Gasteiger partial charge < -0.3 is 19.1 Å². The summed E-state index contributed by atoms with van der Waals surface area (Å²) in [6.07, 6.45) is 6.73. The Labute approximate surface area is 194 Å². The zero-order chi connectivity index (χ0) is 24.2. The van der Waals surface area contributed by atoms with Crippen molar-refractivity contribution in [2.24, 2.45) is 7.05 Å². The lowest BCUT2D eigenvalue weighted by Crippen LogP contribution is -2.43. The molecule has 0 spiro atoms. The van der Waals surface area contributed by atoms with E-state index in [-0.39, 0.29) is 30.6 Å². The number of amides is 2. The second-order valence-corrected chi connectivity index (χ2v) is 7.71. The van der Waals surface area contributed by atoms with Crippen molar-refractivity contribution >= 4 is 23.6 Å². The largest absolute Gasteiger partial charge is 0.383 e. The van der Waals surface area contributed by atoms with Crippen molar-refractivity contribution in [1.29, 1.82) is 0 Å². The lowest BCUT2D eigenvalue weighted by Gasteiger charge is -2.27. The van der Waals surface area contributed by atoms with Gasteiger partial charge in [0.05, 0.1) is 18.1 Å². The fourth-order valence-corrected chi connectivity index (χ4v) is 3.21. The van der Waals surface area contributed by atoms with Crippen LogP contribution in [0, 0.1) is 10.1 Å². The van der Waals surface area contributed by atoms with E-state index in [0.717, 1.165) is 18.5 Å². The molecule has 0 unspecified atom stereocenters. The number of non-ortho nitro benzene ring substituents is 1. The first-order valence-corrected chi connectivity index (χ1v) is 10.9. The van der Waals surface area contributed by atoms with E-state index in [9.17, 15) is 19.7 Å². The molecule has 0 saturated heterocycles. The van der Waals surface area contributed by atoms with Gasteiger partial charge in [-0.1, -0.05) is 13.3 Å². The summed E-state index contributed by atoms with van der Waals surface area (Å²) in [7, 11) is 3.48. The smallest absolute Gasteiger partial charge is 0.269 e. The fourth-order valence-electron chi connectivity index (χ4n) is 3.21. The molecule has 2 amide bonds. The maximum absolute atomic E-state index is 13.1. The van der Waals surface area contributed by atoms with Crippen LogP contribution in [0.2, 0.25) is 0 Å². The van der Waals surface area contributed by atoms with E-state index < -0.39 is 4.92 Å². The number of ether oxygens (including phenoxy) is 1. The number of rotatable bonds is 13. The Morgan fingerprint density at radius 1 is 1.15 bits per heavy atom. The highest BCUT2D eigenvalue weighted by molar-refractivity contribution is 5.94. The van der Waals surface area contributed by atoms with Crippen molar-refractivity contribution in [2.75, 3.05) is 33.4 Å². The molecule has 0 fully saturated rings. The fraction of sp³-hybridized carbons (Fsp3) is 0.417. The van der Waals surface area contributed by atoms with E-state index >= 15 is 0 Å². The first-order valence-electron chi connectivity index (χ1n) is 10.9. The molecular weight excluding hydrogens is 424 g/mol. The minimum Gasteiger partial charge on any atom is -0.383 e. The third kappa shape index (κ3) is 8.19. The maximum Gasteiger partial charge on any atom is 0.269 e. The van der Waals surface area contributed by atoms with Crippen LogP contribution in [-0.2, 0) is 27.9 Å². The number of hydrogen-bond acceptors (Lipinski definition) is 5. The summed E-state index contributed by atoms with van der Waals surface area (Å²) in [6, 6.07) is 9.82. The quantitative estimate of drug-likeness (QED) is 0.262. The molecule has 0 N–H and O–H groups in total. The number of aromatic nitrogens is 1. The number of aryl methyl sites for hydroxylation is 1. The number of unbranched alkanes of at least 4 members (excludes halogenated alkanes) is 1. The van der Waals surface area contributed by atoms with E-state index in [1.165, 1.54) is 23.1 Å². The first-order chi connectivity index (χ1) is 15.8. The molecule has 0 aliphatic rings. The maximum atomic E-state index is 13.1. The summed E-state index contributed by atoms with van der Waals surface area (Å²) in [5, 5.41) is 10.8. The summed E-state index contributed by atoms with van der Waals surface area (Å²) in [6.45, 7) is 3.69. The Morgan fingerprint density at radius 3 is 2.45 bits per heavy atom. The topological polar surface area (TPSA) is 97.9 Å². The number of methoxy groups -OCH3 is 1. The molecule has 178 valence electrons. The molecule has 0 radical (unpaired) electrons. The number of hydrogen-bond donors (Lipinski definition) is 0. The van der Waals surface area contributed by atoms with Crippen molar-refractivity contribution in [3.05, 3.63) is 70.0 Å². The molecule has 0 aliphatic heterocycles. The van der Waals surface area contributed by atoms with Crippen molar-refractivity contribution in [1.82, 2.24) is 14.4 Å². The van der Waals surface area contributed by atoms with Crippen LogP contribution >= 0.6 is 0 Å². The normalized spacial score (nSPS) is 11.0. The van der Waals surface area contributed by atoms with Crippen molar-refractivity contribution in [3.63, 3.8) is 0 Å². The summed E-state index contributed by atoms with van der Waals surface area (Å²) >= 11 is 0. The van der Waals surface area contributed by atoms with Gasteiger partial charge in [-0.25, -0.2) is 0 Å². The highest BCUT2D eigenvalue weighted by atomic mass is 16.6. The van der Waals surface area contributed by atoms with Gasteiger partial charge in [0.1, 0.15) is 6.54 Å². The van der Waals surface area contributed by atoms with Gasteiger partial charge in [0.25, 0.3) is 5.69 Å². The second-order valence-electron chi connectivity index (χ2n) is 7.71. The number of carbonyl (C=O) groups is 2. The Hall–Kier alpha value is -3.46.